The van der Waals surface area contributed by atoms with Gasteiger partial charge in [0.15, 0.2) is 0 Å². The normalized spacial score (nSPS) is 20.2. The summed E-state index contributed by atoms with van der Waals surface area (Å²) in [6, 6.07) is 14.1. The molecule has 1 aliphatic carbocycles. The molecule has 1 saturated carbocycles. The Morgan fingerprint density at radius 2 is 1.55 bits per heavy atom. The largest absolute Gasteiger partial charge is 0.416 e. The van der Waals surface area contributed by atoms with E-state index in [1.807, 2.05) is 18.2 Å². The maximum absolute atomic E-state index is 15.1. The molecule has 4 heteroatoms. The summed E-state index contributed by atoms with van der Waals surface area (Å²) in [4.78, 5) is 0. The van der Waals surface area contributed by atoms with Gasteiger partial charge in [-0.25, -0.2) is 4.39 Å². The minimum absolute atomic E-state index is 0.322. The van der Waals surface area contributed by atoms with E-state index in [2.05, 4.69) is 13.0 Å². The monoisotopic (exact) mass is 400 g/mol. The van der Waals surface area contributed by atoms with Crippen LogP contribution in [0.25, 0.3) is 21.9 Å². The first-order valence-corrected chi connectivity index (χ1v) is 10.3. The van der Waals surface area contributed by atoms with Crippen molar-refractivity contribution < 1.29 is 17.6 Å². The molecule has 0 heterocycles. The summed E-state index contributed by atoms with van der Waals surface area (Å²) in [5, 5.41) is 1.35. The van der Waals surface area contributed by atoms with Crippen LogP contribution in [0.2, 0.25) is 0 Å². The van der Waals surface area contributed by atoms with Crippen LogP contribution in [0.1, 0.15) is 56.1 Å². The van der Waals surface area contributed by atoms with Gasteiger partial charge in [-0.05, 0) is 66.2 Å². The Hall–Kier alpha value is -2.36. The molecule has 3 aromatic carbocycles. The Balaban J connectivity index is 1.63. The van der Waals surface area contributed by atoms with Crippen molar-refractivity contribution in [3.8, 4) is 11.1 Å². The van der Waals surface area contributed by atoms with Crippen LogP contribution < -0.4 is 0 Å². The van der Waals surface area contributed by atoms with Crippen molar-refractivity contribution in [2.45, 2.75) is 51.1 Å². The molecule has 3 aromatic rings. The van der Waals surface area contributed by atoms with E-state index >= 15 is 4.39 Å². The SMILES string of the molecule is CC[C@H]1CC[C@H](c2ccc3c(F)c(-c4ccc(C(F)(F)F)cc4)ccc3c2)CC1. The third kappa shape index (κ3) is 4.03. The summed E-state index contributed by atoms with van der Waals surface area (Å²) in [7, 11) is 0. The van der Waals surface area contributed by atoms with Gasteiger partial charge in [0.25, 0.3) is 0 Å². The van der Waals surface area contributed by atoms with Gasteiger partial charge in [0.2, 0.25) is 0 Å². The number of halogens is 4. The van der Waals surface area contributed by atoms with Crippen LogP contribution >= 0.6 is 0 Å². The van der Waals surface area contributed by atoms with E-state index < -0.39 is 11.7 Å². The maximum atomic E-state index is 15.1. The molecule has 0 bridgehead atoms. The molecule has 0 nitrogen and oxygen atoms in total. The summed E-state index contributed by atoms with van der Waals surface area (Å²) < 4.78 is 53.4. The van der Waals surface area contributed by atoms with E-state index in [1.54, 1.807) is 6.07 Å². The highest BCUT2D eigenvalue weighted by Crippen LogP contribution is 2.39. The number of hydrogen-bond acceptors (Lipinski definition) is 0. The Labute approximate surface area is 168 Å². The van der Waals surface area contributed by atoms with Gasteiger partial charge < -0.3 is 0 Å². The van der Waals surface area contributed by atoms with Crippen LogP contribution in [0, 0.1) is 11.7 Å². The zero-order chi connectivity index (χ0) is 20.6. The molecule has 0 radical (unpaired) electrons. The molecule has 29 heavy (non-hydrogen) atoms. The third-order valence-electron chi connectivity index (χ3n) is 6.40. The minimum atomic E-state index is -4.40. The lowest BCUT2D eigenvalue weighted by molar-refractivity contribution is -0.137. The topological polar surface area (TPSA) is 0 Å². The molecule has 1 aliphatic rings. The summed E-state index contributed by atoms with van der Waals surface area (Å²) in [5.74, 6) is 0.971. The Morgan fingerprint density at radius 3 is 2.17 bits per heavy atom. The summed E-state index contributed by atoms with van der Waals surface area (Å²) >= 11 is 0. The lowest BCUT2D eigenvalue weighted by Gasteiger charge is -2.28. The van der Waals surface area contributed by atoms with E-state index in [0.717, 1.165) is 23.4 Å². The lowest BCUT2D eigenvalue weighted by atomic mass is 9.77. The minimum Gasteiger partial charge on any atom is -0.206 e. The van der Waals surface area contributed by atoms with Crippen molar-refractivity contribution in [2.24, 2.45) is 5.92 Å². The molecule has 0 aliphatic heterocycles. The predicted octanol–water partition coefficient (Wildman–Crippen LogP) is 8.35. The molecule has 0 saturated heterocycles. The van der Waals surface area contributed by atoms with Gasteiger partial charge in [-0.2, -0.15) is 13.2 Å². The van der Waals surface area contributed by atoms with Gasteiger partial charge >= 0.3 is 6.18 Å². The van der Waals surface area contributed by atoms with Crippen LogP contribution in [0.4, 0.5) is 17.6 Å². The first-order chi connectivity index (χ1) is 13.9. The zero-order valence-electron chi connectivity index (χ0n) is 16.4. The number of rotatable bonds is 3. The Kier molecular flexibility index (Phi) is 5.37. The molecule has 0 atom stereocenters. The smallest absolute Gasteiger partial charge is 0.206 e. The van der Waals surface area contributed by atoms with Gasteiger partial charge in [0, 0.05) is 10.9 Å². The second-order valence-corrected chi connectivity index (χ2v) is 8.11. The van der Waals surface area contributed by atoms with Crippen LogP contribution in [-0.4, -0.2) is 0 Å². The van der Waals surface area contributed by atoms with Gasteiger partial charge in [-0.3, -0.25) is 0 Å². The summed E-state index contributed by atoms with van der Waals surface area (Å²) in [6.45, 7) is 2.25. The lowest BCUT2D eigenvalue weighted by Crippen LogP contribution is -2.12. The third-order valence-corrected chi connectivity index (χ3v) is 6.40. The summed E-state index contributed by atoms with van der Waals surface area (Å²) in [6.07, 6.45) is 1.70. The van der Waals surface area contributed by atoms with Gasteiger partial charge in [-0.1, -0.05) is 55.8 Å². The van der Waals surface area contributed by atoms with E-state index in [0.29, 0.717) is 22.4 Å². The van der Waals surface area contributed by atoms with E-state index in [9.17, 15) is 13.2 Å². The van der Waals surface area contributed by atoms with Crippen LogP contribution in [0.15, 0.2) is 54.6 Å². The number of fused-ring (bicyclic) bond motifs is 1. The summed E-state index contributed by atoms with van der Waals surface area (Å²) in [5.41, 5.74) is 1.29. The average Bonchev–Trinajstić information content (AvgIpc) is 2.73. The van der Waals surface area contributed by atoms with Gasteiger partial charge in [0.05, 0.1) is 5.56 Å². The van der Waals surface area contributed by atoms with Crippen molar-refractivity contribution in [3.05, 3.63) is 71.5 Å². The van der Waals surface area contributed by atoms with Crippen molar-refractivity contribution in [1.29, 1.82) is 0 Å². The van der Waals surface area contributed by atoms with Crippen LogP contribution in [0.3, 0.4) is 0 Å². The predicted molar refractivity (Wildman–Crippen MR) is 109 cm³/mol. The fourth-order valence-electron chi connectivity index (χ4n) is 4.53. The number of alkyl halides is 3. The van der Waals surface area contributed by atoms with Crippen molar-refractivity contribution in [1.82, 2.24) is 0 Å². The molecule has 0 amide bonds. The molecule has 0 N–H and O–H groups in total. The van der Waals surface area contributed by atoms with Crippen molar-refractivity contribution in [3.63, 3.8) is 0 Å². The standard InChI is InChI=1S/C25H24F4/c1-2-16-3-5-17(6-4-16)19-9-13-23-20(15-19)10-14-22(24(23)26)18-7-11-21(12-8-18)25(27,28)29/h7-17H,2-6H2,1H3/t16-,17-. The molecule has 0 unspecified atom stereocenters. The zero-order valence-corrected chi connectivity index (χ0v) is 16.4. The molecule has 1 fully saturated rings. The molecule has 0 aromatic heterocycles. The highest BCUT2D eigenvalue weighted by atomic mass is 19.4. The fraction of sp³-hybridized carbons (Fsp3) is 0.360. The number of benzene rings is 3. The van der Waals surface area contributed by atoms with E-state index in [-0.39, 0.29) is 5.82 Å². The van der Waals surface area contributed by atoms with E-state index in [4.69, 9.17) is 0 Å². The van der Waals surface area contributed by atoms with Crippen molar-refractivity contribution in [2.75, 3.05) is 0 Å². The van der Waals surface area contributed by atoms with Crippen molar-refractivity contribution >= 4 is 10.8 Å². The Morgan fingerprint density at radius 1 is 0.862 bits per heavy atom. The van der Waals surface area contributed by atoms with Crippen LogP contribution in [-0.2, 0) is 6.18 Å². The molecule has 0 spiro atoms. The second kappa shape index (κ2) is 7.81. The fourth-order valence-corrected chi connectivity index (χ4v) is 4.53. The highest BCUT2D eigenvalue weighted by molar-refractivity contribution is 5.89. The molecule has 4 rings (SSSR count). The van der Waals surface area contributed by atoms with Gasteiger partial charge in [0.1, 0.15) is 5.82 Å². The van der Waals surface area contributed by atoms with Crippen LogP contribution in [0.5, 0.6) is 0 Å². The first kappa shape index (κ1) is 19.9. The average molecular weight is 400 g/mol. The van der Waals surface area contributed by atoms with Gasteiger partial charge in [-0.15, -0.1) is 0 Å². The Bertz CT molecular complexity index is 994. The van der Waals surface area contributed by atoms with E-state index in [1.165, 1.54) is 49.8 Å². The molecular formula is C25H24F4. The molecule has 152 valence electrons. The highest BCUT2D eigenvalue weighted by Gasteiger charge is 2.30. The maximum Gasteiger partial charge on any atom is 0.416 e. The molecular weight excluding hydrogens is 376 g/mol. The first-order valence-electron chi connectivity index (χ1n) is 10.3. The number of hydrogen-bond donors (Lipinski definition) is 0. The second-order valence-electron chi connectivity index (χ2n) is 8.11. The quantitative estimate of drug-likeness (QED) is 0.388.